The van der Waals surface area contributed by atoms with Crippen molar-refractivity contribution < 1.29 is 14.3 Å². The fraction of sp³-hybridized carbons (Fsp3) is 0.250. The molecule has 2 aromatic rings. The van der Waals surface area contributed by atoms with Gasteiger partial charge in [-0.3, -0.25) is 0 Å². The highest BCUT2D eigenvalue weighted by atomic mass is 16.6. The van der Waals surface area contributed by atoms with E-state index in [2.05, 4.69) is 10.3 Å². The number of aromatic nitrogens is 3. The second-order valence-corrected chi connectivity index (χ2v) is 3.45. The van der Waals surface area contributed by atoms with Gasteiger partial charge in [0.25, 0.3) is 0 Å². The Balaban J connectivity index is 2.32. The van der Waals surface area contributed by atoms with E-state index in [4.69, 9.17) is 9.47 Å². The monoisotopic (exact) mass is 247 g/mol. The van der Waals surface area contributed by atoms with Crippen molar-refractivity contribution in [3.05, 3.63) is 30.5 Å². The average Bonchev–Trinajstić information content (AvgIpc) is 2.88. The Hall–Kier alpha value is -2.37. The van der Waals surface area contributed by atoms with E-state index in [-0.39, 0.29) is 0 Å². The van der Waals surface area contributed by atoms with Gasteiger partial charge >= 0.3 is 6.09 Å². The Labute approximate surface area is 104 Å². The summed E-state index contributed by atoms with van der Waals surface area (Å²) in [7, 11) is 1.58. The highest BCUT2D eigenvalue weighted by Gasteiger charge is 2.13. The molecule has 0 aliphatic heterocycles. The number of carbonyl (C=O) groups excluding carboxylic acids is 1. The Bertz CT molecular complexity index is 551. The molecule has 94 valence electrons. The third kappa shape index (κ3) is 2.32. The molecule has 0 amide bonds. The van der Waals surface area contributed by atoms with Crippen LogP contribution in [0.5, 0.6) is 5.75 Å². The minimum absolute atomic E-state index is 0.294. The number of hydrogen-bond donors (Lipinski definition) is 0. The number of ether oxygens (including phenoxy) is 2. The Morgan fingerprint density at radius 1 is 1.39 bits per heavy atom. The minimum Gasteiger partial charge on any atom is -0.496 e. The van der Waals surface area contributed by atoms with Crippen LogP contribution in [0.25, 0.3) is 11.3 Å². The summed E-state index contributed by atoms with van der Waals surface area (Å²) >= 11 is 0. The van der Waals surface area contributed by atoms with Gasteiger partial charge in [-0.15, -0.1) is 5.10 Å². The molecule has 0 bridgehead atoms. The van der Waals surface area contributed by atoms with Crippen molar-refractivity contribution in [1.29, 1.82) is 0 Å². The van der Waals surface area contributed by atoms with Crippen LogP contribution >= 0.6 is 0 Å². The lowest BCUT2D eigenvalue weighted by molar-refractivity contribution is 0.150. The minimum atomic E-state index is -0.550. The SMILES string of the molecule is CCOC(=O)n1cc(-c2ccccc2OC)nn1. The molecule has 0 atom stereocenters. The third-order valence-corrected chi connectivity index (χ3v) is 2.33. The molecule has 1 aromatic heterocycles. The largest absolute Gasteiger partial charge is 0.496 e. The first kappa shape index (κ1) is 12.1. The van der Waals surface area contributed by atoms with Crippen molar-refractivity contribution >= 4 is 6.09 Å². The molecule has 0 aliphatic rings. The van der Waals surface area contributed by atoms with Gasteiger partial charge in [-0.1, -0.05) is 17.3 Å². The molecule has 0 N–H and O–H groups in total. The van der Waals surface area contributed by atoms with E-state index < -0.39 is 6.09 Å². The quantitative estimate of drug-likeness (QED) is 0.829. The first-order valence-corrected chi connectivity index (χ1v) is 5.49. The first-order valence-electron chi connectivity index (χ1n) is 5.49. The smallest absolute Gasteiger partial charge is 0.436 e. The van der Waals surface area contributed by atoms with Crippen molar-refractivity contribution in [2.75, 3.05) is 13.7 Å². The summed E-state index contributed by atoms with van der Waals surface area (Å²) in [6, 6.07) is 7.39. The van der Waals surface area contributed by atoms with Crippen LogP contribution in [-0.4, -0.2) is 34.8 Å². The maximum atomic E-state index is 11.5. The lowest BCUT2D eigenvalue weighted by Crippen LogP contribution is -2.13. The van der Waals surface area contributed by atoms with Crippen molar-refractivity contribution in [3.63, 3.8) is 0 Å². The molecule has 1 aromatic carbocycles. The molecular formula is C12H13N3O3. The van der Waals surface area contributed by atoms with Crippen LogP contribution < -0.4 is 4.74 Å². The van der Waals surface area contributed by atoms with Crippen molar-refractivity contribution in [1.82, 2.24) is 15.0 Å². The molecule has 0 saturated heterocycles. The third-order valence-electron chi connectivity index (χ3n) is 2.33. The number of rotatable bonds is 3. The summed E-state index contributed by atoms with van der Waals surface area (Å²) in [4.78, 5) is 11.5. The lowest BCUT2D eigenvalue weighted by atomic mass is 10.1. The Kier molecular flexibility index (Phi) is 3.57. The van der Waals surface area contributed by atoms with Gasteiger partial charge in [-0.05, 0) is 19.1 Å². The molecule has 0 spiro atoms. The zero-order valence-electron chi connectivity index (χ0n) is 10.2. The zero-order valence-corrected chi connectivity index (χ0v) is 10.2. The number of para-hydroxylation sites is 1. The molecule has 0 saturated carbocycles. The van der Waals surface area contributed by atoms with E-state index in [1.54, 1.807) is 14.0 Å². The van der Waals surface area contributed by atoms with Gasteiger partial charge < -0.3 is 9.47 Å². The first-order chi connectivity index (χ1) is 8.76. The van der Waals surface area contributed by atoms with Crippen LogP contribution in [0.1, 0.15) is 6.92 Å². The maximum absolute atomic E-state index is 11.5. The average molecular weight is 247 g/mol. The van der Waals surface area contributed by atoms with Gasteiger partial charge in [0, 0.05) is 5.56 Å². The summed E-state index contributed by atoms with van der Waals surface area (Å²) in [6.45, 7) is 2.03. The number of hydrogen-bond acceptors (Lipinski definition) is 5. The second-order valence-electron chi connectivity index (χ2n) is 3.45. The highest BCUT2D eigenvalue weighted by Crippen LogP contribution is 2.27. The Morgan fingerprint density at radius 2 is 2.17 bits per heavy atom. The summed E-state index contributed by atoms with van der Waals surface area (Å²) in [5.41, 5.74) is 1.33. The van der Waals surface area contributed by atoms with Gasteiger partial charge in [0.05, 0.1) is 19.9 Å². The van der Waals surface area contributed by atoms with E-state index in [1.165, 1.54) is 6.20 Å². The molecule has 0 radical (unpaired) electrons. The van der Waals surface area contributed by atoms with Gasteiger partial charge in [0.15, 0.2) is 0 Å². The summed E-state index contributed by atoms with van der Waals surface area (Å²) in [5.74, 6) is 0.674. The van der Waals surface area contributed by atoms with Crippen LogP contribution in [0, 0.1) is 0 Å². The molecule has 0 unspecified atom stereocenters. The normalized spacial score (nSPS) is 10.1. The van der Waals surface area contributed by atoms with Crippen molar-refractivity contribution in [2.45, 2.75) is 6.92 Å². The number of nitrogens with zero attached hydrogens (tertiary/aromatic N) is 3. The van der Waals surface area contributed by atoms with Crippen LogP contribution in [0.4, 0.5) is 4.79 Å². The summed E-state index contributed by atoms with van der Waals surface area (Å²) < 4.78 is 11.1. The molecule has 0 fully saturated rings. The number of methoxy groups -OCH3 is 1. The fourth-order valence-electron chi connectivity index (χ4n) is 1.52. The van der Waals surface area contributed by atoms with Gasteiger partial charge in [0.2, 0.25) is 0 Å². The lowest BCUT2D eigenvalue weighted by Gasteiger charge is -2.04. The molecule has 2 rings (SSSR count). The molecular weight excluding hydrogens is 234 g/mol. The van der Waals surface area contributed by atoms with Crippen LogP contribution in [0.2, 0.25) is 0 Å². The fourth-order valence-corrected chi connectivity index (χ4v) is 1.52. The van der Waals surface area contributed by atoms with Gasteiger partial charge in [0.1, 0.15) is 11.4 Å². The molecule has 6 heteroatoms. The highest BCUT2D eigenvalue weighted by molar-refractivity contribution is 5.72. The summed E-state index contributed by atoms with van der Waals surface area (Å²) in [6.07, 6.45) is 0.960. The van der Waals surface area contributed by atoms with Crippen LogP contribution in [0.15, 0.2) is 30.5 Å². The molecule has 1 heterocycles. The predicted molar refractivity (Wildman–Crippen MR) is 64.4 cm³/mol. The van der Waals surface area contributed by atoms with Crippen molar-refractivity contribution in [2.24, 2.45) is 0 Å². The Morgan fingerprint density at radius 3 is 2.89 bits per heavy atom. The second kappa shape index (κ2) is 5.31. The van der Waals surface area contributed by atoms with E-state index in [9.17, 15) is 4.79 Å². The van der Waals surface area contributed by atoms with E-state index in [0.29, 0.717) is 18.1 Å². The van der Waals surface area contributed by atoms with E-state index in [0.717, 1.165) is 10.2 Å². The number of carbonyl (C=O) groups is 1. The number of benzene rings is 1. The standard InChI is InChI=1S/C12H13N3O3/c1-3-18-12(16)15-8-10(13-14-15)9-6-4-5-7-11(9)17-2/h4-8H,3H2,1-2H3. The van der Waals surface area contributed by atoms with E-state index in [1.807, 2.05) is 24.3 Å². The predicted octanol–water partition coefficient (Wildman–Crippen LogP) is 1.96. The topological polar surface area (TPSA) is 66.2 Å². The molecule has 6 nitrogen and oxygen atoms in total. The zero-order chi connectivity index (χ0) is 13.0. The van der Waals surface area contributed by atoms with Gasteiger partial charge in [-0.25, -0.2) is 4.79 Å². The van der Waals surface area contributed by atoms with Gasteiger partial charge in [-0.2, -0.15) is 4.68 Å². The molecule has 0 aliphatic carbocycles. The maximum Gasteiger partial charge on any atom is 0.436 e. The van der Waals surface area contributed by atoms with E-state index >= 15 is 0 Å². The van der Waals surface area contributed by atoms with Crippen LogP contribution in [0.3, 0.4) is 0 Å². The summed E-state index contributed by atoms with van der Waals surface area (Å²) in [5, 5.41) is 7.65. The molecule has 18 heavy (non-hydrogen) atoms. The van der Waals surface area contributed by atoms with Crippen molar-refractivity contribution in [3.8, 4) is 17.0 Å². The van der Waals surface area contributed by atoms with Crippen LogP contribution in [-0.2, 0) is 4.74 Å².